The molecule has 0 aromatic carbocycles. The third-order valence-electron chi connectivity index (χ3n) is 7.32. The van der Waals surface area contributed by atoms with E-state index in [-0.39, 0.29) is 25.0 Å². The monoisotopic (exact) mass is 523 g/mol. The Morgan fingerprint density at radius 2 is 2.13 bits per heavy atom. The number of nitriles is 1. The molecular formula is C29H41N5O4. The van der Waals surface area contributed by atoms with E-state index in [1.54, 1.807) is 13.0 Å². The number of aliphatic imine (C=N–C) groups is 1. The minimum atomic E-state index is -1.10. The summed E-state index contributed by atoms with van der Waals surface area (Å²) in [6.07, 6.45) is 8.56. The Kier molecular flexibility index (Phi) is 10.8. The first-order valence-electron chi connectivity index (χ1n) is 13.8. The molecule has 0 bridgehead atoms. The number of aliphatic carboxylic acids is 1. The molecule has 206 valence electrons. The van der Waals surface area contributed by atoms with Gasteiger partial charge < -0.3 is 20.5 Å². The van der Waals surface area contributed by atoms with Gasteiger partial charge in [-0.15, -0.1) is 0 Å². The Bertz CT molecular complexity index is 1090. The summed E-state index contributed by atoms with van der Waals surface area (Å²) < 4.78 is 5.69. The first-order chi connectivity index (χ1) is 18.3. The van der Waals surface area contributed by atoms with E-state index >= 15 is 0 Å². The number of hydrogen-bond donors (Lipinski definition) is 3. The summed E-state index contributed by atoms with van der Waals surface area (Å²) in [5.74, 6) is -0.474. The summed E-state index contributed by atoms with van der Waals surface area (Å²) in [6, 6.07) is 5.30. The van der Waals surface area contributed by atoms with Gasteiger partial charge in [0.25, 0.3) is 0 Å². The number of carboxylic acid groups (broad SMARTS) is 1. The minimum absolute atomic E-state index is 0.0399. The number of nitrogens with one attached hydrogen (secondary N) is 2. The molecule has 1 fully saturated rings. The molecule has 0 spiro atoms. The van der Waals surface area contributed by atoms with Crippen molar-refractivity contribution < 1.29 is 19.4 Å². The molecule has 1 saturated carbocycles. The Morgan fingerprint density at radius 3 is 2.79 bits per heavy atom. The van der Waals surface area contributed by atoms with E-state index in [2.05, 4.69) is 33.8 Å². The molecule has 1 aliphatic carbocycles. The first kappa shape index (κ1) is 29.3. The van der Waals surface area contributed by atoms with Gasteiger partial charge in [0.05, 0.1) is 16.7 Å². The molecule has 9 nitrogen and oxygen atoms in total. The summed E-state index contributed by atoms with van der Waals surface area (Å²) in [4.78, 5) is 34.5. The summed E-state index contributed by atoms with van der Waals surface area (Å²) in [6.45, 7) is 7.41. The molecule has 3 rings (SSSR count). The smallest absolute Gasteiger partial charge is 0.326 e. The molecule has 2 aliphatic rings. The zero-order chi connectivity index (χ0) is 27.5. The fraction of sp³-hybridized carbons (Fsp3) is 0.621. The number of allylic oxidation sites excluding steroid dienone is 2. The lowest BCUT2D eigenvalue weighted by Crippen LogP contribution is -2.47. The summed E-state index contributed by atoms with van der Waals surface area (Å²) in [5.41, 5.74) is 2.25. The lowest BCUT2D eigenvalue weighted by molar-refractivity contribution is -0.142. The van der Waals surface area contributed by atoms with Crippen molar-refractivity contribution >= 4 is 23.4 Å². The Balaban J connectivity index is 1.45. The highest BCUT2D eigenvalue weighted by molar-refractivity contribution is 6.20. The van der Waals surface area contributed by atoms with Gasteiger partial charge in [0.15, 0.2) is 0 Å². The average molecular weight is 524 g/mol. The highest BCUT2D eigenvalue weighted by atomic mass is 16.5. The van der Waals surface area contributed by atoms with Crippen LogP contribution in [0.15, 0.2) is 28.8 Å². The number of rotatable bonds is 15. The van der Waals surface area contributed by atoms with Crippen molar-refractivity contribution in [3.8, 4) is 6.07 Å². The molecule has 2 heterocycles. The van der Waals surface area contributed by atoms with E-state index in [0.29, 0.717) is 30.7 Å². The van der Waals surface area contributed by atoms with Gasteiger partial charge in [-0.1, -0.05) is 19.1 Å². The van der Waals surface area contributed by atoms with Crippen LogP contribution in [-0.2, 0) is 27.2 Å². The van der Waals surface area contributed by atoms with Gasteiger partial charge in [0.2, 0.25) is 5.91 Å². The minimum Gasteiger partial charge on any atom is -0.480 e. The number of anilines is 1. The number of pyridine rings is 1. The van der Waals surface area contributed by atoms with Gasteiger partial charge in [-0.2, -0.15) is 5.26 Å². The second-order valence-corrected chi connectivity index (χ2v) is 10.2. The molecule has 3 N–H and O–H groups in total. The normalized spacial score (nSPS) is 17.9. The number of carboxylic acids is 1. The Labute approximate surface area is 225 Å². The van der Waals surface area contributed by atoms with Crippen LogP contribution in [0.5, 0.6) is 0 Å². The van der Waals surface area contributed by atoms with Crippen molar-refractivity contribution in [2.75, 3.05) is 25.1 Å². The maximum Gasteiger partial charge on any atom is 0.326 e. The van der Waals surface area contributed by atoms with Crippen molar-refractivity contribution in [3.63, 3.8) is 0 Å². The predicted octanol–water partition coefficient (Wildman–Crippen LogP) is 4.23. The van der Waals surface area contributed by atoms with Crippen LogP contribution in [0.25, 0.3) is 0 Å². The van der Waals surface area contributed by atoms with Gasteiger partial charge in [0, 0.05) is 37.9 Å². The van der Waals surface area contributed by atoms with Crippen LogP contribution in [0.1, 0.15) is 77.0 Å². The van der Waals surface area contributed by atoms with E-state index in [0.717, 1.165) is 56.6 Å². The molecule has 1 aromatic rings. The van der Waals surface area contributed by atoms with Crippen LogP contribution in [0, 0.1) is 16.7 Å². The summed E-state index contributed by atoms with van der Waals surface area (Å²) >= 11 is 0. The topological polar surface area (TPSA) is 137 Å². The number of aromatic nitrogens is 1. The van der Waals surface area contributed by atoms with Crippen molar-refractivity contribution in [2.45, 2.75) is 90.6 Å². The lowest BCUT2D eigenvalue weighted by Gasteiger charge is -2.22. The van der Waals surface area contributed by atoms with Crippen molar-refractivity contribution in [2.24, 2.45) is 10.4 Å². The Morgan fingerprint density at radius 1 is 1.34 bits per heavy atom. The molecule has 1 amide bonds. The second kappa shape index (κ2) is 14.1. The fourth-order valence-corrected chi connectivity index (χ4v) is 4.59. The first-order valence-corrected chi connectivity index (χ1v) is 13.8. The molecule has 2 atom stereocenters. The molecule has 1 aliphatic heterocycles. The van der Waals surface area contributed by atoms with E-state index in [1.165, 1.54) is 5.56 Å². The molecule has 2 unspecified atom stereocenters. The number of unbranched alkanes of at least 4 members (excludes halogenated alkanes) is 1. The van der Waals surface area contributed by atoms with E-state index in [9.17, 15) is 20.0 Å². The third kappa shape index (κ3) is 7.64. The van der Waals surface area contributed by atoms with Crippen molar-refractivity contribution in [1.29, 1.82) is 5.26 Å². The lowest BCUT2D eigenvalue weighted by atomic mass is 9.91. The van der Waals surface area contributed by atoms with Crippen LogP contribution in [-0.4, -0.2) is 59.5 Å². The number of ether oxygens (including phenoxy) is 1. The van der Waals surface area contributed by atoms with Gasteiger partial charge in [-0.3, -0.25) is 9.79 Å². The number of aryl methyl sites for hydroxylation is 2. The highest BCUT2D eigenvalue weighted by Crippen LogP contribution is 2.49. The molecule has 9 heteroatoms. The van der Waals surface area contributed by atoms with Crippen LogP contribution in [0.4, 0.5) is 5.82 Å². The maximum atomic E-state index is 13.2. The summed E-state index contributed by atoms with van der Waals surface area (Å²) in [7, 11) is 0. The van der Waals surface area contributed by atoms with Gasteiger partial charge in [-0.25, -0.2) is 9.78 Å². The molecule has 1 aromatic heterocycles. The molecular weight excluding hydrogens is 482 g/mol. The maximum absolute atomic E-state index is 13.2. The zero-order valence-electron chi connectivity index (χ0n) is 22.9. The van der Waals surface area contributed by atoms with Crippen molar-refractivity contribution in [1.82, 2.24) is 10.3 Å². The van der Waals surface area contributed by atoms with Gasteiger partial charge in [-0.05, 0) is 76.8 Å². The zero-order valence-corrected chi connectivity index (χ0v) is 22.9. The fourth-order valence-electron chi connectivity index (χ4n) is 4.59. The third-order valence-corrected chi connectivity index (χ3v) is 7.32. The quantitative estimate of drug-likeness (QED) is 0.178. The van der Waals surface area contributed by atoms with Gasteiger partial charge >= 0.3 is 5.97 Å². The number of carbonyl (C=O) groups is 2. The predicted molar refractivity (Wildman–Crippen MR) is 147 cm³/mol. The number of nitrogens with zero attached hydrogens (tertiary/aromatic N) is 3. The largest absolute Gasteiger partial charge is 0.480 e. The SMILES string of the molecule is C/C=C(/C#N)C(=NC(C)CC)C1(C(=O)NC(CCOCCCCc2ccc3c(n2)NCCC3)C(=O)O)CC1. The summed E-state index contributed by atoms with van der Waals surface area (Å²) in [5, 5.41) is 25.4. The van der Waals surface area contributed by atoms with Crippen LogP contribution >= 0.6 is 0 Å². The molecule has 38 heavy (non-hydrogen) atoms. The molecule has 0 radical (unpaired) electrons. The van der Waals surface area contributed by atoms with Gasteiger partial charge in [0.1, 0.15) is 17.9 Å². The second-order valence-electron chi connectivity index (χ2n) is 10.2. The number of hydrogen-bond acceptors (Lipinski definition) is 7. The standard InChI is InChI=1S/C29H41N5O4/c1-4-20(3)32-25(21(5-2)19-30)29(14-15-29)28(37)34-24(27(35)36)13-18-38-17-7-6-10-23-12-11-22-9-8-16-31-26(22)33-23/h5,11-12,20,24H,4,6-10,13-18H2,1-3H3,(H,31,33)(H,34,37)(H,35,36)/b21-5-,32-25?. The average Bonchev–Trinajstić information content (AvgIpc) is 3.73. The number of amides is 1. The number of fused-ring (bicyclic) bond motifs is 1. The number of carbonyl (C=O) groups excluding carboxylic acids is 1. The van der Waals surface area contributed by atoms with E-state index in [1.807, 2.05) is 13.8 Å². The van der Waals surface area contributed by atoms with Crippen LogP contribution < -0.4 is 10.6 Å². The van der Waals surface area contributed by atoms with E-state index in [4.69, 9.17) is 9.72 Å². The van der Waals surface area contributed by atoms with Crippen molar-refractivity contribution in [3.05, 3.63) is 35.0 Å². The Hall–Kier alpha value is -3.25. The van der Waals surface area contributed by atoms with E-state index < -0.39 is 17.4 Å². The highest BCUT2D eigenvalue weighted by Gasteiger charge is 2.55. The van der Waals surface area contributed by atoms with Crippen LogP contribution in [0.2, 0.25) is 0 Å². The molecule has 0 saturated heterocycles. The van der Waals surface area contributed by atoms with Crippen LogP contribution in [0.3, 0.4) is 0 Å².